The molecule has 0 aromatic heterocycles. The van der Waals surface area contributed by atoms with Crippen molar-refractivity contribution in [2.75, 3.05) is 13.7 Å². The van der Waals surface area contributed by atoms with Gasteiger partial charge in [0.2, 0.25) is 0 Å². The highest BCUT2D eigenvalue weighted by molar-refractivity contribution is 6.81. The van der Waals surface area contributed by atoms with Crippen LogP contribution in [0.1, 0.15) is 19.8 Å². The maximum absolute atomic E-state index is 10.7. The number of hydrogen-bond acceptors (Lipinski definition) is 3. The van der Waals surface area contributed by atoms with Crippen molar-refractivity contribution in [1.82, 2.24) is 0 Å². The van der Waals surface area contributed by atoms with Gasteiger partial charge in [-0.3, -0.25) is 0 Å². The molecule has 2 fully saturated rings. The molecule has 1 aliphatic heterocycles. The zero-order valence-corrected chi connectivity index (χ0v) is 14.2. The van der Waals surface area contributed by atoms with Crippen molar-refractivity contribution in [2.45, 2.75) is 51.3 Å². The molecule has 4 atom stereocenters. The minimum Gasteiger partial charge on any atom is -0.392 e. The first-order valence-corrected chi connectivity index (χ1v) is 11.1. The molecule has 0 spiro atoms. The van der Waals surface area contributed by atoms with E-state index in [0.29, 0.717) is 6.61 Å². The Bertz CT molecular complexity index is 490. The molecular weight excluding hydrogens is 268 g/mol. The molecule has 1 saturated carbocycles. The molecule has 1 N–H and O–H groups in total. The van der Waals surface area contributed by atoms with Crippen LogP contribution in [0.2, 0.25) is 19.6 Å². The van der Waals surface area contributed by atoms with Crippen LogP contribution in [-0.4, -0.2) is 38.8 Å². The Labute approximate surface area is 122 Å². The normalized spacial score (nSPS) is 45.7. The van der Waals surface area contributed by atoms with Crippen LogP contribution in [0.3, 0.4) is 0 Å². The van der Waals surface area contributed by atoms with Crippen LogP contribution in [0.25, 0.3) is 0 Å². The number of aliphatic hydroxyl groups excluding tert-OH is 1. The van der Waals surface area contributed by atoms with Crippen molar-refractivity contribution in [2.24, 2.45) is 11.3 Å². The van der Waals surface area contributed by atoms with Crippen molar-refractivity contribution in [3.05, 3.63) is 22.9 Å². The molecule has 0 unspecified atom stereocenters. The first-order chi connectivity index (χ1) is 9.22. The summed E-state index contributed by atoms with van der Waals surface area (Å²) in [4.78, 5) is 0. The van der Waals surface area contributed by atoms with Crippen molar-refractivity contribution < 1.29 is 14.6 Å². The van der Waals surface area contributed by atoms with Gasteiger partial charge in [-0.2, -0.15) is 0 Å². The van der Waals surface area contributed by atoms with E-state index in [1.165, 1.54) is 11.1 Å². The molecule has 1 heterocycles. The molecule has 0 aromatic carbocycles. The average Bonchev–Trinajstić information content (AvgIpc) is 2.69. The summed E-state index contributed by atoms with van der Waals surface area (Å²) in [7, 11) is 0.411. The molecule has 0 amide bonds. The fourth-order valence-electron chi connectivity index (χ4n) is 4.49. The van der Waals surface area contributed by atoms with Crippen LogP contribution < -0.4 is 0 Å². The van der Waals surface area contributed by atoms with E-state index in [2.05, 4.69) is 38.3 Å². The van der Waals surface area contributed by atoms with Gasteiger partial charge in [-0.1, -0.05) is 42.6 Å². The Morgan fingerprint density at radius 3 is 2.75 bits per heavy atom. The highest BCUT2D eigenvalue weighted by Gasteiger charge is 2.67. The molecule has 0 radical (unpaired) electrons. The van der Waals surface area contributed by atoms with Crippen LogP contribution in [0.5, 0.6) is 0 Å². The van der Waals surface area contributed by atoms with Crippen LogP contribution in [-0.2, 0) is 9.47 Å². The van der Waals surface area contributed by atoms with E-state index in [9.17, 15) is 5.11 Å². The maximum Gasteiger partial charge on any atom is 0.179 e. The third-order valence-corrected chi connectivity index (χ3v) is 6.21. The van der Waals surface area contributed by atoms with Crippen molar-refractivity contribution in [3.8, 4) is 0 Å². The predicted octanol–water partition coefficient (Wildman–Crippen LogP) is 2.88. The molecule has 3 rings (SSSR count). The summed E-state index contributed by atoms with van der Waals surface area (Å²) < 4.78 is 11.9. The second-order valence-corrected chi connectivity index (χ2v) is 12.8. The van der Waals surface area contributed by atoms with Gasteiger partial charge in [-0.25, -0.2) is 0 Å². The molecule has 1 saturated heterocycles. The summed E-state index contributed by atoms with van der Waals surface area (Å²) in [6.45, 7) is 9.71. The van der Waals surface area contributed by atoms with Gasteiger partial charge >= 0.3 is 0 Å². The summed E-state index contributed by atoms with van der Waals surface area (Å²) in [5, 5.41) is 10.7. The lowest BCUT2D eigenvalue weighted by atomic mass is 9.68. The summed E-state index contributed by atoms with van der Waals surface area (Å²) in [6, 6.07) is 0. The SMILES string of the molecule is CO[C@@]12CC(C)=C[C@]3(CO1)[C@H](O)C/C(=C\[Si](C)(C)C)[C@@H]23. The summed E-state index contributed by atoms with van der Waals surface area (Å²) >= 11 is 0. The monoisotopic (exact) mass is 294 g/mol. The van der Waals surface area contributed by atoms with Crippen LogP contribution in [0.15, 0.2) is 22.9 Å². The second-order valence-electron chi connectivity index (χ2n) is 7.82. The van der Waals surface area contributed by atoms with E-state index in [0.717, 1.165) is 12.8 Å². The average molecular weight is 294 g/mol. The molecule has 20 heavy (non-hydrogen) atoms. The van der Waals surface area contributed by atoms with Gasteiger partial charge in [0, 0.05) is 24.9 Å². The first-order valence-electron chi connectivity index (χ1n) is 7.50. The van der Waals surface area contributed by atoms with Gasteiger partial charge < -0.3 is 14.6 Å². The van der Waals surface area contributed by atoms with E-state index in [-0.39, 0.29) is 17.4 Å². The zero-order chi connectivity index (χ0) is 14.8. The minimum atomic E-state index is -1.33. The molecule has 3 aliphatic rings. The van der Waals surface area contributed by atoms with E-state index in [4.69, 9.17) is 9.47 Å². The lowest BCUT2D eigenvalue weighted by molar-refractivity contribution is -0.209. The van der Waals surface area contributed by atoms with Gasteiger partial charge in [0.05, 0.1) is 20.8 Å². The van der Waals surface area contributed by atoms with Gasteiger partial charge in [0.15, 0.2) is 5.79 Å². The lowest BCUT2D eigenvalue weighted by Gasteiger charge is -2.40. The molecule has 0 aromatic rings. The van der Waals surface area contributed by atoms with Crippen LogP contribution in [0.4, 0.5) is 0 Å². The van der Waals surface area contributed by atoms with Gasteiger partial charge in [0.1, 0.15) is 0 Å². The number of hydrogen-bond donors (Lipinski definition) is 1. The first kappa shape index (κ1) is 14.5. The second kappa shape index (κ2) is 4.29. The zero-order valence-electron chi connectivity index (χ0n) is 13.2. The van der Waals surface area contributed by atoms with Gasteiger partial charge in [-0.15, -0.1) is 0 Å². The Kier molecular flexibility index (Phi) is 3.11. The standard InChI is InChI=1S/C16H26O3Si/c1-11-7-15-10-19-16(8-11,18-2)14(15)12(6-13(15)17)9-20(3,4)5/h7,9,13-14,17H,6,8,10H2,1-5H3/b12-9+/t13-,14-,15+,16+/m1/s1. The number of ether oxygens (including phenoxy) is 2. The fraction of sp³-hybridized carbons (Fsp3) is 0.750. The number of rotatable bonds is 2. The summed E-state index contributed by atoms with van der Waals surface area (Å²) in [5.74, 6) is -0.368. The highest BCUT2D eigenvalue weighted by Crippen LogP contribution is 2.63. The Hall–Kier alpha value is -0.423. The molecule has 2 aliphatic carbocycles. The van der Waals surface area contributed by atoms with E-state index in [1.807, 2.05) is 0 Å². The molecule has 3 nitrogen and oxygen atoms in total. The highest BCUT2D eigenvalue weighted by atomic mass is 28.3. The van der Waals surface area contributed by atoms with E-state index in [1.54, 1.807) is 7.11 Å². The van der Waals surface area contributed by atoms with Gasteiger partial charge in [-0.05, 0) is 13.3 Å². The number of aliphatic hydroxyl groups is 1. The summed E-state index contributed by atoms with van der Waals surface area (Å²) in [6.07, 6.45) is 3.50. The molecule has 112 valence electrons. The van der Waals surface area contributed by atoms with Gasteiger partial charge in [0.25, 0.3) is 0 Å². The maximum atomic E-state index is 10.7. The predicted molar refractivity (Wildman–Crippen MR) is 82.0 cm³/mol. The van der Waals surface area contributed by atoms with E-state index < -0.39 is 13.9 Å². The summed E-state index contributed by atoms with van der Waals surface area (Å²) in [5.41, 5.74) is 4.82. The topological polar surface area (TPSA) is 38.7 Å². The quantitative estimate of drug-likeness (QED) is 0.629. The van der Waals surface area contributed by atoms with Crippen LogP contribution >= 0.6 is 0 Å². The third kappa shape index (κ3) is 1.89. The minimum absolute atomic E-state index is 0.186. The van der Waals surface area contributed by atoms with Crippen molar-refractivity contribution >= 4 is 8.07 Å². The number of methoxy groups -OCH3 is 1. The fourth-order valence-corrected chi connectivity index (χ4v) is 5.89. The van der Waals surface area contributed by atoms with E-state index >= 15 is 0 Å². The Balaban J connectivity index is 2.13. The Morgan fingerprint density at radius 1 is 1.45 bits per heavy atom. The Morgan fingerprint density at radius 2 is 2.15 bits per heavy atom. The van der Waals surface area contributed by atoms with Crippen molar-refractivity contribution in [3.63, 3.8) is 0 Å². The molecular formula is C16H26O3Si. The third-order valence-electron chi connectivity index (χ3n) is 4.97. The lowest BCUT2D eigenvalue weighted by Crippen LogP contribution is -2.46. The van der Waals surface area contributed by atoms with Crippen LogP contribution in [0, 0.1) is 11.3 Å². The smallest absolute Gasteiger partial charge is 0.179 e. The van der Waals surface area contributed by atoms with Crippen molar-refractivity contribution in [1.29, 1.82) is 0 Å². The molecule has 2 bridgehead atoms. The largest absolute Gasteiger partial charge is 0.392 e. The molecule has 4 heteroatoms.